The van der Waals surface area contributed by atoms with Crippen LogP contribution in [-0.2, 0) is 14.3 Å². The van der Waals surface area contributed by atoms with Gasteiger partial charge in [0.05, 0.1) is 19.2 Å². The molecule has 10 nitrogen and oxygen atoms in total. The van der Waals surface area contributed by atoms with Crippen molar-refractivity contribution in [3.63, 3.8) is 0 Å². The summed E-state index contributed by atoms with van der Waals surface area (Å²) in [6, 6.07) is 16.7. The van der Waals surface area contributed by atoms with Crippen LogP contribution < -0.4 is 21.1 Å². The number of methoxy groups -OCH3 is 1. The molecule has 1 fully saturated rings. The molecule has 3 aromatic rings. The molecule has 2 aromatic carbocycles. The van der Waals surface area contributed by atoms with Crippen LogP contribution in [0.25, 0.3) is 0 Å². The largest absolute Gasteiger partial charge is 0.457 e. The van der Waals surface area contributed by atoms with E-state index in [1.807, 2.05) is 37.3 Å². The minimum atomic E-state index is -0.686. The van der Waals surface area contributed by atoms with Crippen LogP contribution in [0.4, 0.5) is 0 Å². The molecule has 2 heterocycles. The molecule has 5 N–H and O–H groups in total. The number of nitrogens with zero attached hydrogens (tertiary/aromatic N) is 1. The van der Waals surface area contributed by atoms with Gasteiger partial charge in [0.15, 0.2) is 0 Å². The van der Waals surface area contributed by atoms with Crippen LogP contribution >= 0.6 is 11.3 Å². The number of thiophene rings is 1. The number of hydrogen-bond donors (Lipinski definition) is 4. The standard InChI is InChI=1S/C29H33N5O5S/c1-18(25-13-21(17-40-25)27(30)31)33-29(37)24-12-19(16-38-2)15-34(24)26(35)14-32-28(36)20-8-10-23(11-9-20)39-22-6-4-3-5-7-22/h3-11,13,17-19,24H,12,14-16H2,1-2H3,(H3,30,31)(H,32,36)(H,33,37)/t18?,19-,24+/m1/s1. The number of amidine groups is 1. The smallest absolute Gasteiger partial charge is 0.251 e. The van der Waals surface area contributed by atoms with Crippen molar-refractivity contribution >= 4 is 34.9 Å². The van der Waals surface area contributed by atoms with Gasteiger partial charge in [-0.1, -0.05) is 18.2 Å². The van der Waals surface area contributed by atoms with E-state index in [9.17, 15) is 14.4 Å². The van der Waals surface area contributed by atoms with Gasteiger partial charge in [0.25, 0.3) is 5.91 Å². The molecular weight excluding hydrogens is 530 g/mol. The average molecular weight is 564 g/mol. The monoisotopic (exact) mass is 563 g/mol. The number of nitrogens with one attached hydrogen (secondary N) is 3. The van der Waals surface area contributed by atoms with Gasteiger partial charge in [-0.15, -0.1) is 11.3 Å². The third kappa shape index (κ3) is 7.25. The van der Waals surface area contributed by atoms with Gasteiger partial charge < -0.3 is 30.7 Å². The summed E-state index contributed by atoms with van der Waals surface area (Å²) in [6.45, 7) is 2.37. The molecule has 1 aliphatic rings. The second kappa shape index (κ2) is 13.2. The minimum absolute atomic E-state index is 0.00100. The van der Waals surface area contributed by atoms with Gasteiger partial charge in [0.1, 0.15) is 23.4 Å². The molecule has 210 valence electrons. The lowest BCUT2D eigenvalue weighted by Gasteiger charge is -2.25. The van der Waals surface area contributed by atoms with Crippen LogP contribution in [0.2, 0.25) is 0 Å². The lowest BCUT2D eigenvalue weighted by Crippen LogP contribution is -2.49. The van der Waals surface area contributed by atoms with E-state index in [4.69, 9.17) is 20.6 Å². The molecule has 0 radical (unpaired) electrons. The van der Waals surface area contributed by atoms with E-state index in [1.54, 1.807) is 42.8 Å². The summed E-state index contributed by atoms with van der Waals surface area (Å²) in [5.41, 5.74) is 6.55. The highest BCUT2D eigenvalue weighted by Crippen LogP contribution is 2.27. The maximum Gasteiger partial charge on any atom is 0.251 e. The number of carbonyl (C=O) groups is 3. The molecule has 3 atom stereocenters. The van der Waals surface area contributed by atoms with E-state index in [2.05, 4.69) is 10.6 Å². The van der Waals surface area contributed by atoms with E-state index in [0.29, 0.717) is 42.2 Å². The Morgan fingerprint density at radius 1 is 1.10 bits per heavy atom. The van der Waals surface area contributed by atoms with E-state index in [0.717, 1.165) is 4.88 Å². The van der Waals surface area contributed by atoms with Crippen molar-refractivity contribution in [3.8, 4) is 11.5 Å². The fourth-order valence-corrected chi connectivity index (χ4v) is 5.48. The Morgan fingerprint density at radius 3 is 2.45 bits per heavy atom. The zero-order chi connectivity index (χ0) is 28.6. The number of nitrogen functional groups attached to an aromatic ring is 1. The predicted molar refractivity (Wildman–Crippen MR) is 153 cm³/mol. The lowest BCUT2D eigenvalue weighted by molar-refractivity contribution is -0.138. The Balaban J connectivity index is 1.35. The SMILES string of the molecule is COC[C@@H]1C[C@@H](C(=O)NC(C)c2cc(C(=N)N)cs2)N(C(=O)CNC(=O)c2ccc(Oc3ccccc3)cc2)C1. The summed E-state index contributed by atoms with van der Waals surface area (Å²) in [6.07, 6.45) is 0.456. The van der Waals surface area contributed by atoms with E-state index >= 15 is 0 Å². The van der Waals surface area contributed by atoms with Crippen molar-refractivity contribution in [2.45, 2.75) is 25.4 Å². The third-order valence-corrected chi connectivity index (χ3v) is 7.74. The van der Waals surface area contributed by atoms with Crippen molar-refractivity contribution < 1.29 is 23.9 Å². The number of amides is 3. The minimum Gasteiger partial charge on any atom is -0.457 e. The summed E-state index contributed by atoms with van der Waals surface area (Å²) >= 11 is 1.41. The van der Waals surface area contributed by atoms with Gasteiger partial charge in [-0.05, 0) is 55.8 Å². The third-order valence-electron chi connectivity index (χ3n) is 6.62. The average Bonchev–Trinajstić information content (AvgIpc) is 3.61. The fraction of sp³-hybridized carbons (Fsp3) is 0.310. The molecule has 11 heteroatoms. The molecule has 1 unspecified atom stereocenters. The van der Waals surface area contributed by atoms with Crippen LogP contribution in [0.15, 0.2) is 66.0 Å². The summed E-state index contributed by atoms with van der Waals surface area (Å²) in [7, 11) is 1.58. The summed E-state index contributed by atoms with van der Waals surface area (Å²) in [4.78, 5) is 41.5. The maximum absolute atomic E-state index is 13.2. The number of likely N-dealkylation sites (tertiary alicyclic amines) is 1. The summed E-state index contributed by atoms with van der Waals surface area (Å²) in [5.74, 6) is 0.209. The molecule has 0 saturated carbocycles. The molecule has 0 aliphatic carbocycles. The molecule has 0 bridgehead atoms. The van der Waals surface area contributed by atoms with Crippen LogP contribution in [0.1, 0.15) is 40.2 Å². The zero-order valence-corrected chi connectivity index (χ0v) is 23.2. The molecule has 3 amide bonds. The highest BCUT2D eigenvalue weighted by Gasteiger charge is 2.39. The Morgan fingerprint density at radius 2 is 1.80 bits per heavy atom. The molecule has 1 aromatic heterocycles. The number of nitrogens with two attached hydrogens (primary N) is 1. The number of para-hydroxylation sites is 1. The Labute approximate surface area is 237 Å². The van der Waals surface area contributed by atoms with Crippen LogP contribution in [0, 0.1) is 11.3 Å². The molecule has 40 heavy (non-hydrogen) atoms. The van der Waals surface area contributed by atoms with Gasteiger partial charge in [0, 0.05) is 41.0 Å². The van der Waals surface area contributed by atoms with Crippen molar-refractivity contribution in [2.24, 2.45) is 11.7 Å². The second-order valence-corrected chi connectivity index (χ2v) is 10.6. The van der Waals surface area contributed by atoms with Crippen molar-refractivity contribution in [1.82, 2.24) is 15.5 Å². The number of rotatable bonds is 11. The Hall–Kier alpha value is -4.22. The van der Waals surface area contributed by atoms with Gasteiger partial charge in [-0.3, -0.25) is 19.8 Å². The first-order valence-corrected chi connectivity index (χ1v) is 13.8. The van der Waals surface area contributed by atoms with Gasteiger partial charge in [0.2, 0.25) is 11.8 Å². The lowest BCUT2D eigenvalue weighted by atomic mass is 10.1. The van der Waals surface area contributed by atoms with Crippen molar-refractivity contribution in [1.29, 1.82) is 5.41 Å². The number of carbonyl (C=O) groups excluding carboxylic acids is 3. The Kier molecular flexibility index (Phi) is 9.52. The Bertz CT molecular complexity index is 1340. The maximum atomic E-state index is 13.2. The molecule has 0 spiro atoms. The fourth-order valence-electron chi connectivity index (χ4n) is 4.56. The van der Waals surface area contributed by atoms with Gasteiger partial charge >= 0.3 is 0 Å². The molecule has 4 rings (SSSR count). The zero-order valence-electron chi connectivity index (χ0n) is 22.4. The van der Waals surface area contributed by atoms with E-state index in [-0.39, 0.29) is 36.2 Å². The second-order valence-electron chi connectivity index (χ2n) is 9.62. The van der Waals surface area contributed by atoms with Crippen molar-refractivity contribution in [3.05, 3.63) is 82.0 Å². The number of hydrogen-bond acceptors (Lipinski definition) is 7. The van der Waals surface area contributed by atoms with E-state index < -0.39 is 11.9 Å². The summed E-state index contributed by atoms with van der Waals surface area (Å²) in [5, 5.41) is 15.0. The predicted octanol–water partition coefficient (Wildman–Crippen LogP) is 3.30. The van der Waals surface area contributed by atoms with Crippen LogP contribution in [-0.4, -0.2) is 61.3 Å². The first-order chi connectivity index (χ1) is 19.2. The highest BCUT2D eigenvalue weighted by atomic mass is 32.1. The number of ether oxygens (including phenoxy) is 2. The normalized spacial score (nSPS) is 17.2. The van der Waals surface area contributed by atoms with Crippen LogP contribution in [0.3, 0.4) is 0 Å². The number of benzene rings is 2. The van der Waals surface area contributed by atoms with Gasteiger partial charge in [-0.25, -0.2) is 0 Å². The molecule has 1 aliphatic heterocycles. The first-order valence-electron chi connectivity index (χ1n) is 12.9. The van der Waals surface area contributed by atoms with E-state index in [1.165, 1.54) is 16.2 Å². The van der Waals surface area contributed by atoms with Crippen molar-refractivity contribution in [2.75, 3.05) is 26.8 Å². The summed E-state index contributed by atoms with van der Waals surface area (Å²) < 4.78 is 11.0. The van der Waals surface area contributed by atoms with Gasteiger partial charge in [-0.2, -0.15) is 0 Å². The first kappa shape index (κ1) is 28.8. The molecule has 1 saturated heterocycles. The van der Waals surface area contributed by atoms with Crippen LogP contribution in [0.5, 0.6) is 11.5 Å². The molecular formula is C29H33N5O5S. The highest BCUT2D eigenvalue weighted by molar-refractivity contribution is 7.10. The topological polar surface area (TPSA) is 147 Å². The quantitative estimate of drug-likeness (QED) is 0.208.